The van der Waals surface area contributed by atoms with Crippen LogP contribution in [0.4, 0.5) is 0 Å². The average molecular weight is 354 g/mol. The number of halogens is 2. The predicted octanol–water partition coefficient (Wildman–Crippen LogP) is 3.90. The van der Waals surface area contributed by atoms with Gasteiger partial charge in [0.2, 0.25) is 10.0 Å². The van der Waals surface area contributed by atoms with E-state index in [1.165, 1.54) is 17.5 Å². The molecule has 0 bridgehead atoms. The Labute approximate surface area is 137 Å². The zero-order valence-corrected chi connectivity index (χ0v) is 14.9. The first kappa shape index (κ1) is 18.6. The number of methoxy groups -OCH3 is 1. The summed E-state index contributed by atoms with van der Waals surface area (Å²) in [6.07, 6.45) is 1.73. The number of unbranched alkanes of at least 4 members (excludes halogenated alkanes) is 1. The van der Waals surface area contributed by atoms with Gasteiger partial charge in [-0.3, -0.25) is 0 Å². The molecule has 0 radical (unpaired) electrons. The van der Waals surface area contributed by atoms with E-state index >= 15 is 0 Å². The number of hydrogen-bond donors (Lipinski definition) is 0. The Bertz CT molecular complexity index is 576. The Hall–Kier alpha value is -0.490. The normalized spacial score (nSPS) is 11.9. The summed E-state index contributed by atoms with van der Waals surface area (Å²) >= 11 is 11.9. The molecule has 0 aliphatic rings. The van der Waals surface area contributed by atoms with E-state index < -0.39 is 10.0 Å². The molecule has 0 fully saturated rings. The van der Waals surface area contributed by atoms with Crippen LogP contribution in [0.1, 0.15) is 32.3 Å². The second-order valence-corrected chi connectivity index (χ2v) is 7.19. The van der Waals surface area contributed by atoms with Gasteiger partial charge in [0.05, 0.1) is 13.0 Å². The van der Waals surface area contributed by atoms with E-state index in [1.54, 1.807) is 6.07 Å². The van der Waals surface area contributed by atoms with Gasteiger partial charge in [0.15, 0.2) is 0 Å². The molecule has 7 heteroatoms. The van der Waals surface area contributed by atoms with Crippen LogP contribution in [-0.4, -0.2) is 32.9 Å². The highest BCUT2D eigenvalue weighted by atomic mass is 35.5. The van der Waals surface area contributed by atoms with Crippen molar-refractivity contribution in [2.45, 2.75) is 37.5 Å². The lowest BCUT2D eigenvalue weighted by atomic mass is 10.2. The summed E-state index contributed by atoms with van der Waals surface area (Å²) < 4.78 is 32.3. The van der Waals surface area contributed by atoms with Crippen molar-refractivity contribution < 1.29 is 13.2 Å². The fourth-order valence-corrected chi connectivity index (χ4v) is 4.28. The van der Waals surface area contributed by atoms with Crippen molar-refractivity contribution in [3.8, 4) is 5.75 Å². The molecule has 0 aliphatic carbocycles. The van der Waals surface area contributed by atoms with E-state index in [1.807, 2.05) is 13.8 Å². The summed E-state index contributed by atoms with van der Waals surface area (Å²) in [4.78, 5) is 0.0751. The van der Waals surface area contributed by atoms with Gasteiger partial charge in [0.25, 0.3) is 0 Å². The molecule has 0 atom stereocenters. The van der Waals surface area contributed by atoms with Crippen molar-refractivity contribution in [2.75, 3.05) is 20.2 Å². The Balaban J connectivity index is 3.38. The molecule has 0 heterocycles. The minimum Gasteiger partial charge on any atom is -0.495 e. The quantitative estimate of drug-likeness (QED) is 0.665. The summed E-state index contributed by atoms with van der Waals surface area (Å²) in [6.45, 7) is 4.70. The third-order valence-corrected chi connectivity index (χ3v) is 5.66. The summed E-state index contributed by atoms with van der Waals surface area (Å²) in [7, 11) is -2.22. The minimum absolute atomic E-state index is 0.0751. The van der Waals surface area contributed by atoms with Gasteiger partial charge < -0.3 is 4.74 Å². The fourth-order valence-electron chi connectivity index (χ4n) is 2.07. The van der Waals surface area contributed by atoms with Gasteiger partial charge >= 0.3 is 0 Å². The van der Waals surface area contributed by atoms with Crippen molar-refractivity contribution in [2.24, 2.45) is 0 Å². The smallest absolute Gasteiger partial charge is 0.246 e. The Morgan fingerprint density at radius 2 is 1.95 bits per heavy atom. The van der Waals surface area contributed by atoms with Crippen LogP contribution in [0, 0.1) is 0 Å². The average Bonchev–Trinajstić information content (AvgIpc) is 2.46. The number of ether oxygens (including phenoxy) is 1. The molecule has 0 unspecified atom stereocenters. The number of alkyl halides is 1. The third kappa shape index (κ3) is 4.25. The molecule has 4 nitrogen and oxygen atoms in total. The number of sulfonamides is 1. The van der Waals surface area contributed by atoms with Crippen molar-refractivity contribution >= 4 is 33.2 Å². The summed E-state index contributed by atoms with van der Waals surface area (Å²) in [5.74, 6) is 0.400. The molecule has 0 N–H and O–H groups in total. The van der Waals surface area contributed by atoms with Crippen LogP contribution in [0.3, 0.4) is 0 Å². The predicted molar refractivity (Wildman–Crippen MR) is 86.9 cm³/mol. The van der Waals surface area contributed by atoms with Crippen molar-refractivity contribution in [1.82, 2.24) is 4.31 Å². The van der Waals surface area contributed by atoms with Crippen LogP contribution in [0.15, 0.2) is 17.0 Å². The molecular formula is C14H21Cl2NO3S. The third-order valence-electron chi connectivity index (χ3n) is 3.18. The van der Waals surface area contributed by atoms with Gasteiger partial charge in [-0.25, -0.2) is 8.42 Å². The lowest BCUT2D eigenvalue weighted by molar-refractivity contribution is 0.388. The number of rotatable bonds is 8. The Kier molecular flexibility index (Phi) is 7.27. The monoisotopic (exact) mass is 353 g/mol. The number of nitrogens with zero attached hydrogens (tertiary/aromatic N) is 1. The molecule has 1 aromatic carbocycles. The summed E-state index contributed by atoms with van der Waals surface area (Å²) in [5.41, 5.74) is 0.566. The maximum Gasteiger partial charge on any atom is 0.246 e. The van der Waals surface area contributed by atoms with Crippen molar-refractivity contribution in [1.29, 1.82) is 0 Å². The van der Waals surface area contributed by atoms with E-state index in [4.69, 9.17) is 27.9 Å². The maximum atomic E-state index is 12.8. The first-order chi connectivity index (χ1) is 9.92. The van der Waals surface area contributed by atoms with Crippen LogP contribution in [0.25, 0.3) is 0 Å². The summed E-state index contributed by atoms with van der Waals surface area (Å²) in [6, 6.07) is 3.04. The second-order valence-electron chi connectivity index (χ2n) is 4.58. The molecule has 0 aliphatic heterocycles. The van der Waals surface area contributed by atoms with E-state index in [0.29, 0.717) is 23.7 Å². The first-order valence-electron chi connectivity index (χ1n) is 6.84. The Morgan fingerprint density at radius 1 is 1.29 bits per heavy atom. The van der Waals surface area contributed by atoms with Crippen LogP contribution in [-0.2, 0) is 15.9 Å². The van der Waals surface area contributed by atoms with Gasteiger partial charge in [0.1, 0.15) is 10.6 Å². The van der Waals surface area contributed by atoms with Gasteiger partial charge in [0, 0.05) is 23.7 Å². The van der Waals surface area contributed by atoms with E-state index in [9.17, 15) is 8.42 Å². The fraction of sp³-hybridized carbons (Fsp3) is 0.571. The molecule has 1 rings (SSSR count). The topological polar surface area (TPSA) is 46.6 Å². The number of benzene rings is 1. The molecular weight excluding hydrogens is 333 g/mol. The zero-order chi connectivity index (χ0) is 16.0. The highest BCUT2D eigenvalue weighted by Crippen LogP contribution is 2.34. The van der Waals surface area contributed by atoms with Crippen LogP contribution in [0.2, 0.25) is 5.02 Å². The van der Waals surface area contributed by atoms with E-state index in [2.05, 4.69) is 0 Å². The van der Waals surface area contributed by atoms with E-state index in [0.717, 1.165) is 12.8 Å². The molecule has 1 aromatic rings. The van der Waals surface area contributed by atoms with Gasteiger partial charge in [-0.1, -0.05) is 31.9 Å². The Morgan fingerprint density at radius 3 is 2.43 bits per heavy atom. The first-order valence-corrected chi connectivity index (χ1v) is 9.20. The van der Waals surface area contributed by atoms with Crippen molar-refractivity contribution in [3.05, 3.63) is 22.7 Å². The highest BCUT2D eigenvalue weighted by molar-refractivity contribution is 7.89. The molecule has 0 saturated carbocycles. The molecule has 0 spiro atoms. The SMILES string of the molecule is CCCCN(CC)S(=O)(=O)c1cc(Cl)cc(CCl)c1OC. The molecule has 0 amide bonds. The standard InChI is InChI=1S/C14H21Cl2NO3S/c1-4-6-7-17(5-2)21(18,19)13-9-12(16)8-11(10-15)14(13)20-3/h8-9H,4-7,10H2,1-3H3. The molecule has 0 saturated heterocycles. The molecule has 0 aromatic heterocycles. The van der Waals surface area contributed by atoms with Crippen molar-refractivity contribution in [3.63, 3.8) is 0 Å². The van der Waals surface area contributed by atoms with Crippen LogP contribution >= 0.6 is 23.2 Å². The molecule has 21 heavy (non-hydrogen) atoms. The van der Waals surface area contributed by atoms with Gasteiger partial charge in [-0.2, -0.15) is 4.31 Å². The lowest BCUT2D eigenvalue weighted by Crippen LogP contribution is -2.32. The lowest BCUT2D eigenvalue weighted by Gasteiger charge is -2.22. The summed E-state index contributed by atoms with van der Waals surface area (Å²) in [5, 5.41) is 0.330. The highest BCUT2D eigenvalue weighted by Gasteiger charge is 2.28. The largest absolute Gasteiger partial charge is 0.495 e. The van der Waals surface area contributed by atoms with Crippen LogP contribution in [0.5, 0.6) is 5.75 Å². The minimum atomic E-state index is -3.66. The number of hydrogen-bond acceptors (Lipinski definition) is 3. The molecule has 120 valence electrons. The van der Waals surface area contributed by atoms with Crippen LogP contribution < -0.4 is 4.74 Å². The second kappa shape index (κ2) is 8.22. The van der Waals surface area contributed by atoms with Gasteiger partial charge in [-0.15, -0.1) is 11.6 Å². The zero-order valence-electron chi connectivity index (χ0n) is 12.5. The van der Waals surface area contributed by atoms with E-state index in [-0.39, 0.29) is 16.5 Å². The van der Waals surface area contributed by atoms with Gasteiger partial charge in [-0.05, 0) is 18.6 Å². The maximum absolute atomic E-state index is 12.8.